The average Bonchev–Trinajstić information content (AvgIpc) is 0.826. The fourth-order valence-electron chi connectivity index (χ4n) is 20.6. The molecule has 8 N–H and O–H groups in total. The maximum Gasteiger partial charge on any atom is 0.214 e. The Morgan fingerprint density at radius 2 is 0.267 bits per heavy atom. The molecule has 0 aromatic carbocycles. The molecule has 8 aliphatic rings. The van der Waals surface area contributed by atoms with Crippen molar-refractivity contribution < 1.29 is 105 Å². The largest absolute Gasteiger partial charge is 0.380 e. The lowest BCUT2D eigenvalue weighted by atomic mass is 9.62. The van der Waals surface area contributed by atoms with Gasteiger partial charge in [0.2, 0.25) is 40.1 Å². The SMILES string of the molecule is CO[C@@H](C1CC(C)(C)C1)[C@@H](C)S(C)(=O)=O.CO[C@@H](C1CC(C)(C)C1)[C@@H](C)S(N)(=O)=O.CO[C@@H](C1CC(C)(C)C1)[C@H](C)S(C)(=O)=O.CO[C@@H](C1CC(C)(C)C1)[C@H](C)S(N)(=O)=O.CO[C@H](C1CC(C)(C)C1)[C@@H](C)S(C)(=O)=O.CO[C@H](C1CC(C)(C)C1)[C@@H](C)S(N)(=O)=O.CO[C@H](C1CC(C)(C)C1)[C@H](C)S(C)(=O)=O.CO[C@H](C1CC(C)(C)C1)[C@H](C)S(N)(=O)=O. The molecule has 0 aromatic rings. The van der Waals surface area contributed by atoms with E-state index in [0.717, 1.165) is 103 Å². The lowest BCUT2D eigenvalue weighted by molar-refractivity contribution is -0.0368. The van der Waals surface area contributed by atoms with E-state index in [1.54, 1.807) is 112 Å². The Kier molecular flexibility index (Phi) is 43.3. The molecule has 8 rings (SSSR count). The quantitative estimate of drug-likeness (QED) is 0.0486. The molecule has 0 bridgehead atoms. The predicted molar refractivity (Wildman–Crippen MR) is 486 cm³/mol. The molecule has 720 valence electrons. The van der Waals surface area contributed by atoms with Crippen LogP contribution in [0.5, 0.6) is 0 Å². The number of rotatable bonds is 32. The van der Waals surface area contributed by atoms with Crippen molar-refractivity contribution in [2.45, 2.75) is 360 Å². The van der Waals surface area contributed by atoms with E-state index in [4.69, 9.17) is 58.5 Å². The van der Waals surface area contributed by atoms with E-state index in [-0.39, 0.29) is 48.8 Å². The van der Waals surface area contributed by atoms with Gasteiger partial charge in [-0.2, -0.15) is 0 Å². The number of nitrogens with two attached hydrogens (primary N) is 4. The van der Waals surface area contributed by atoms with Crippen molar-refractivity contribution in [3.05, 3.63) is 0 Å². The Bertz CT molecular complexity index is 3300. The third kappa shape index (κ3) is 36.8. The van der Waals surface area contributed by atoms with Crippen molar-refractivity contribution in [2.75, 3.05) is 81.9 Å². The summed E-state index contributed by atoms with van der Waals surface area (Å²) in [5.74, 6) is 2.86. The van der Waals surface area contributed by atoms with Gasteiger partial charge in [0.05, 0.1) is 90.8 Å². The van der Waals surface area contributed by atoms with Crippen molar-refractivity contribution in [2.24, 2.45) is 111 Å². The smallest absolute Gasteiger partial charge is 0.214 e. The molecule has 16 atom stereocenters. The lowest BCUT2D eigenvalue weighted by Crippen LogP contribution is -2.48. The van der Waals surface area contributed by atoms with Crippen LogP contribution in [0.1, 0.15) is 269 Å². The second kappa shape index (κ2) is 44.4. The number of sulfone groups is 4. The second-order valence-corrected chi connectivity index (χ2v) is 60.9. The summed E-state index contributed by atoms with van der Waals surface area (Å²) in [5, 5.41) is 16.4. The van der Waals surface area contributed by atoms with E-state index in [1.807, 2.05) is 0 Å². The van der Waals surface area contributed by atoms with E-state index >= 15 is 0 Å². The van der Waals surface area contributed by atoms with E-state index in [1.165, 1.54) is 25.0 Å². The zero-order valence-electron chi connectivity index (χ0n) is 80.5. The lowest BCUT2D eigenvalue weighted by Gasteiger charge is -2.47. The van der Waals surface area contributed by atoms with Gasteiger partial charge in [-0.1, -0.05) is 111 Å². The van der Waals surface area contributed by atoms with Crippen LogP contribution in [0.4, 0.5) is 0 Å². The van der Waals surface area contributed by atoms with Crippen LogP contribution in [0.15, 0.2) is 0 Å². The van der Waals surface area contributed by atoms with Crippen molar-refractivity contribution in [1.29, 1.82) is 0 Å². The van der Waals surface area contributed by atoms with Crippen LogP contribution in [0.2, 0.25) is 0 Å². The number of hydrogen-bond donors (Lipinski definition) is 4. The highest BCUT2D eigenvalue weighted by molar-refractivity contribution is 7.92. The Balaban J connectivity index is 0.000000686. The van der Waals surface area contributed by atoms with Crippen LogP contribution in [-0.2, 0) is 117 Å². The Morgan fingerprint density at radius 1 is 0.192 bits per heavy atom. The van der Waals surface area contributed by atoms with E-state index in [2.05, 4.69) is 111 Å². The minimum Gasteiger partial charge on any atom is -0.380 e. The zero-order valence-corrected chi connectivity index (χ0v) is 87.1. The van der Waals surface area contributed by atoms with E-state index in [0.29, 0.717) is 90.7 Å². The fraction of sp³-hybridized carbons (Fsp3) is 1.00. The molecule has 36 heteroatoms. The number of primary sulfonamides is 4. The van der Waals surface area contributed by atoms with Gasteiger partial charge in [-0.25, -0.2) is 87.9 Å². The summed E-state index contributed by atoms with van der Waals surface area (Å²) >= 11 is 0. The van der Waals surface area contributed by atoms with Gasteiger partial charge in [-0.15, -0.1) is 0 Å². The highest BCUT2D eigenvalue weighted by Gasteiger charge is 2.52. The molecule has 0 aliphatic heterocycles. The molecule has 0 unspecified atom stereocenters. The molecule has 0 heterocycles. The molecular weight excluding hydrogens is 1710 g/mol. The first-order chi connectivity index (χ1) is 53.4. The van der Waals surface area contributed by atoms with Crippen molar-refractivity contribution in [1.82, 2.24) is 0 Å². The summed E-state index contributed by atoms with van der Waals surface area (Å²) in [5.41, 5.74) is 2.72. The standard InChI is InChI=1S/4C11H22O3S.4C10H21NO3S/c4*1-8(15(5,12)13)10(14-4)9-6-11(2,3)7-9;4*1-7(15(11,12)13)9(14-4)8-5-10(2,3)6-8/h4*8-10H,6-7H2,1-5H3;4*7-9H,5-6H2,1-4H3,(H2,11,12,13)/t2*8-,10+;2*8-,10-;2*7-,9+;2*7-,9-/m10101010/s1. The Labute approximate surface area is 732 Å². The van der Waals surface area contributed by atoms with Crippen LogP contribution in [-0.4, -0.2) is 240 Å². The summed E-state index contributed by atoms with van der Waals surface area (Å²) in [6.45, 7) is 48.6. The minimum absolute atomic E-state index is 0.145. The molecular formula is C84H172N4O24S8. The van der Waals surface area contributed by atoms with Gasteiger partial charge in [0, 0.05) is 81.9 Å². The van der Waals surface area contributed by atoms with Gasteiger partial charge in [-0.05, 0) is 249 Å². The van der Waals surface area contributed by atoms with Crippen molar-refractivity contribution in [3.63, 3.8) is 0 Å². The molecule has 0 spiro atoms. The van der Waals surface area contributed by atoms with Crippen LogP contribution < -0.4 is 20.6 Å². The van der Waals surface area contributed by atoms with Crippen LogP contribution in [0.25, 0.3) is 0 Å². The highest BCUT2D eigenvalue weighted by Crippen LogP contribution is 2.54. The van der Waals surface area contributed by atoms with Gasteiger partial charge >= 0.3 is 0 Å². The van der Waals surface area contributed by atoms with Gasteiger partial charge < -0.3 is 37.9 Å². The number of hydrogen-bond acceptors (Lipinski definition) is 24. The van der Waals surface area contributed by atoms with E-state index < -0.39 is 121 Å². The second-order valence-electron chi connectivity index (χ2n) is 43.6. The summed E-state index contributed by atoms with van der Waals surface area (Å²) in [4.78, 5) is 0. The first-order valence-corrected chi connectivity index (χ1v) is 56.7. The van der Waals surface area contributed by atoms with Crippen LogP contribution in [0.3, 0.4) is 0 Å². The van der Waals surface area contributed by atoms with Crippen LogP contribution in [0, 0.1) is 90.7 Å². The maximum absolute atomic E-state index is 11.5. The van der Waals surface area contributed by atoms with Gasteiger partial charge in [0.15, 0.2) is 39.3 Å². The number of methoxy groups -OCH3 is 8. The van der Waals surface area contributed by atoms with E-state index in [9.17, 15) is 67.3 Å². The zero-order chi connectivity index (χ0) is 94.8. The first kappa shape index (κ1) is 117. The molecule has 28 nitrogen and oxygen atoms in total. The Morgan fingerprint density at radius 3 is 0.317 bits per heavy atom. The topological polar surface area (TPSA) is 451 Å². The third-order valence-corrected chi connectivity index (χ3v) is 39.1. The molecule has 0 amide bonds. The third-order valence-electron chi connectivity index (χ3n) is 27.4. The van der Waals surface area contributed by atoms with Crippen LogP contribution >= 0.6 is 0 Å². The molecule has 0 aromatic heterocycles. The normalized spacial score (nSPS) is 25.7. The molecule has 8 aliphatic carbocycles. The summed E-state index contributed by atoms with van der Waals surface area (Å²) in [6.07, 6.45) is 20.0. The van der Waals surface area contributed by atoms with Crippen molar-refractivity contribution >= 4 is 79.4 Å². The van der Waals surface area contributed by atoms with Gasteiger partial charge in [0.25, 0.3) is 0 Å². The van der Waals surface area contributed by atoms with Gasteiger partial charge in [-0.3, -0.25) is 0 Å². The predicted octanol–water partition coefficient (Wildman–Crippen LogP) is 11.9. The summed E-state index contributed by atoms with van der Waals surface area (Å²) in [7, 11) is -13.3. The monoisotopic (exact) mass is 1880 g/mol. The molecule has 8 saturated carbocycles. The van der Waals surface area contributed by atoms with Gasteiger partial charge in [0.1, 0.15) is 0 Å². The molecule has 8 fully saturated rings. The summed E-state index contributed by atoms with van der Waals surface area (Å²) in [6, 6.07) is 0. The maximum atomic E-state index is 11.5. The number of ether oxygens (including phenoxy) is 8. The average molecular weight is 1880 g/mol. The molecule has 0 saturated heterocycles. The first-order valence-electron chi connectivity index (χ1n) is 42.4. The summed E-state index contributed by atoms with van der Waals surface area (Å²) < 4.78 is 224. The van der Waals surface area contributed by atoms with Crippen molar-refractivity contribution in [3.8, 4) is 0 Å². The fourth-order valence-corrected chi connectivity index (χ4v) is 26.7. The molecule has 120 heavy (non-hydrogen) atoms. The minimum atomic E-state index is -3.50. The highest BCUT2D eigenvalue weighted by atomic mass is 32.2. The number of sulfonamides is 4. The molecule has 0 radical (unpaired) electrons. The Hall–Kier alpha value is -0.880.